The van der Waals surface area contributed by atoms with Crippen molar-refractivity contribution in [3.8, 4) is 0 Å². The lowest BCUT2D eigenvalue weighted by Crippen LogP contribution is -2.45. The monoisotopic (exact) mass is 486 g/mol. The second kappa shape index (κ2) is 8.41. The van der Waals surface area contributed by atoms with Crippen LogP contribution in [0.2, 0.25) is 0 Å². The van der Waals surface area contributed by atoms with Crippen LogP contribution in [0.4, 0.5) is 37.7 Å². The summed E-state index contributed by atoms with van der Waals surface area (Å²) >= 11 is 0. The van der Waals surface area contributed by atoms with E-state index in [2.05, 4.69) is 10.6 Å². The van der Waals surface area contributed by atoms with Gasteiger partial charge in [0.05, 0.1) is 17.8 Å². The van der Waals surface area contributed by atoms with Crippen LogP contribution in [0.15, 0.2) is 48.5 Å². The topological polar surface area (TPSA) is 64.7 Å². The minimum atomic E-state index is -4.59. The molecule has 6 nitrogen and oxygen atoms in total. The standard InChI is InChI=1S/C22H20F6N4O2/c1-12-19(33)30-18(32(12)16-7-3-5-14(9-16)22(26,27)28)10-17-20(34)29-11-31(17)15-6-2-4-13(8-15)21(23,24)25/h2-9,12,17-18H,10-11H2,1H3,(H,29,34)(H,30,33). The number of nitrogens with one attached hydrogen (secondary N) is 2. The molecule has 3 unspecified atom stereocenters. The van der Waals surface area contributed by atoms with E-state index in [4.69, 9.17) is 0 Å². The summed E-state index contributed by atoms with van der Waals surface area (Å²) < 4.78 is 79.1. The molecule has 0 aromatic heterocycles. The summed E-state index contributed by atoms with van der Waals surface area (Å²) in [7, 11) is 0. The number of rotatable bonds is 4. The van der Waals surface area contributed by atoms with Gasteiger partial charge in [0.25, 0.3) is 0 Å². The maximum Gasteiger partial charge on any atom is 0.416 e. The summed E-state index contributed by atoms with van der Waals surface area (Å²) in [6.07, 6.45) is -10.1. The number of carbonyl (C=O) groups is 2. The van der Waals surface area contributed by atoms with Gasteiger partial charge in [-0.3, -0.25) is 9.59 Å². The fourth-order valence-corrected chi connectivity index (χ4v) is 4.28. The van der Waals surface area contributed by atoms with Gasteiger partial charge in [0.2, 0.25) is 11.8 Å². The Hall–Kier alpha value is -3.44. The number of benzene rings is 2. The van der Waals surface area contributed by atoms with Gasteiger partial charge in [-0.2, -0.15) is 26.3 Å². The molecular formula is C22H20F6N4O2. The van der Waals surface area contributed by atoms with Crippen LogP contribution in [-0.2, 0) is 21.9 Å². The average Bonchev–Trinajstić information content (AvgIpc) is 3.26. The molecule has 2 aromatic rings. The molecule has 34 heavy (non-hydrogen) atoms. The van der Waals surface area contributed by atoms with E-state index in [-0.39, 0.29) is 24.5 Å². The Morgan fingerprint density at radius 2 is 1.44 bits per heavy atom. The number of anilines is 2. The third-order valence-corrected chi connectivity index (χ3v) is 5.97. The van der Waals surface area contributed by atoms with Gasteiger partial charge in [-0.1, -0.05) is 12.1 Å². The minimum absolute atomic E-state index is 0.0510. The molecule has 12 heteroatoms. The SMILES string of the molecule is CC1C(=O)NC(CC2C(=O)NCN2c2cccc(C(F)(F)F)c2)N1c1cccc(C(F)(F)F)c1. The fraction of sp³-hybridized carbons (Fsp3) is 0.364. The van der Waals surface area contributed by atoms with Gasteiger partial charge in [0.15, 0.2) is 0 Å². The number of hydrogen-bond acceptors (Lipinski definition) is 4. The Bertz CT molecular complexity index is 1100. The zero-order valence-electron chi connectivity index (χ0n) is 17.7. The number of alkyl halides is 6. The normalized spacial score (nSPS) is 23.3. The quantitative estimate of drug-likeness (QED) is 0.647. The van der Waals surface area contributed by atoms with Crippen LogP contribution < -0.4 is 20.4 Å². The average molecular weight is 486 g/mol. The van der Waals surface area contributed by atoms with Crippen molar-refractivity contribution in [2.45, 2.75) is 43.9 Å². The van der Waals surface area contributed by atoms with E-state index in [9.17, 15) is 35.9 Å². The van der Waals surface area contributed by atoms with Crippen LogP contribution in [0.3, 0.4) is 0 Å². The molecule has 0 radical (unpaired) electrons. The predicted molar refractivity (Wildman–Crippen MR) is 111 cm³/mol. The van der Waals surface area contributed by atoms with E-state index in [1.54, 1.807) is 0 Å². The maximum atomic E-state index is 13.2. The molecule has 2 N–H and O–H groups in total. The molecule has 2 aliphatic rings. The lowest BCUT2D eigenvalue weighted by atomic mass is 10.1. The largest absolute Gasteiger partial charge is 0.416 e. The molecule has 2 fully saturated rings. The molecule has 0 aliphatic carbocycles. The van der Waals surface area contributed by atoms with Crippen LogP contribution in [0.5, 0.6) is 0 Å². The minimum Gasteiger partial charge on any atom is -0.342 e. The summed E-state index contributed by atoms with van der Waals surface area (Å²) in [5, 5.41) is 5.27. The molecule has 2 amide bonds. The Balaban J connectivity index is 1.63. The number of nitrogens with zero attached hydrogens (tertiary/aromatic N) is 2. The van der Waals surface area contributed by atoms with Gasteiger partial charge in [-0.25, -0.2) is 0 Å². The lowest BCUT2D eigenvalue weighted by molar-refractivity contribution is -0.138. The molecule has 2 saturated heterocycles. The highest BCUT2D eigenvalue weighted by atomic mass is 19.4. The zero-order chi connectivity index (χ0) is 24.8. The fourth-order valence-electron chi connectivity index (χ4n) is 4.28. The van der Waals surface area contributed by atoms with E-state index in [0.29, 0.717) is 0 Å². The highest BCUT2D eigenvalue weighted by Crippen LogP contribution is 2.36. The zero-order valence-corrected chi connectivity index (χ0v) is 17.7. The van der Waals surface area contributed by atoms with Crippen LogP contribution >= 0.6 is 0 Å². The molecule has 0 bridgehead atoms. The Morgan fingerprint density at radius 3 is 2.03 bits per heavy atom. The van der Waals surface area contributed by atoms with Crippen LogP contribution in [0, 0.1) is 0 Å². The van der Waals surface area contributed by atoms with Gasteiger partial charge in [-0.05, 0) is 43.3 Å². The van der Waals surface area contributed by atoms with Crippen LogP contribution in [0.25, 0.3) is 0 Å². The van der Waals surface area contributed by atoms with Crippen LogP contribution in [0.1, 0.15) is 24.5 Å². The van der Waals surface area contributed by atoms with Crippen molar-refractivity contribution < 1.29 is 35.9 Å². The summed E-state index contributed by atoms with van der Waals surface area (Å²) in [5.41, 5.74) is -1.48. The molecule has 2 aliphatic heterocycles. The van der Waals surface area contributed by atoms with E-state index in [1.807, 2.05) is 0 Å². The first-order chi connectivity index (χ1) is 15.9. The molecule has 4 rings (SSSR count). The number of hydrogen-bond donors (Lipinski definition) is 2. The van der Waals surface area contributed by atoms with Crippen molar-refractivity contribution in [1.82, 2.24) is 10.6 Å². The summed E-state index contributed by atoms with van der Waals surface area (Å²) in [5.74, 6) is -0.901. The van der Waals surface area contributed by atoms with Crippen LogP contribution in [-0.4, -0.2) is 36.7 Å². The molecule has 0 spiro atoms. The molecule has 182 valence electrons. The van der Waals surface area contributed by atoms with Gasteiger partial charge in [0.1, 0.15) is 18.2 Å². The third-order valence-electron chi connectivity index (χ3n) is 5.97. The Kier molecular flexibility index (Phi) is 5.86. The number of halogens is 6. The highest BCUT2D eigenvalue weighted by molar-refractivity contribution is 5.91. The van der Waals surface area contributed by atoms with Crippen molar-refractivity contribution in [2.24, 2.45) is 0 Å². The molecule has 0 saturated carbocycles. The summed E-state index contributed by atoms with van der Waals surface area (Å²) in [4.78, 5) is 27.9. The molecule has 2 aromatic carbocycles. The molecule has 3 atom stereocenters. The first-order valence-electron chi connectivity index (χ1n) is 10.3. The molecule has 2 heterocycles. The first-order valence-corrected chi connectivity index (χ1v) is 10.3. The smallest absolute Gasteiger partial charge is 0.342 e. The highest BCUT2D eigenvalue weighted by Gasteiger charge is 2.43. The summed E-state index contributed by atoms with van der Waals surface area (Å²) in [6.45, 7) is 1.47. The third kappa shape index (κ3) is 4.48. The van der Waals surface area contributed by atoms with Crippen molar-refractivity contribution in [2.75, 3.05) is 16.5 Å². The van der Waals surface area contributed by atoms with E-state index in [1.165, 1.54) is 41.0 Å². The predicted octanol–water partition coefficient (Wildman–Crippen LogP) is 3.73. The Labute approximate surface area is 190 Å². The summed E-state index contributed by atoms with van der Waals surface area (Å²) in [6, 6.07) is 7.21. The first kappa shape index (κ1) is 23.7. The second-order valence-electron chi connectivity index (χ2n) is 8.12. The van der Waals surface area contributed by atoms with Crippen molar-refractivity contribution in [3.05, 3.63) is 59.7 Å². The lowest BCUT2D eigenvalue weighted by Gasteiger charge is -2.32. The maximum absolute atomic E-state index is 13.2. The molecular weight excluding hydrogens is 466 g/mol. The number of amides is 2. The van der Waals surface area contributed by atoms with E-state index in [0.717, 1.165) is 24.3 Å². The Morgan fingerprint density at radius 1 is 0.882 bits per heavy atom. The van der Waals surface area contributed by atoms with E-state index < -0.39 is 53.5 Å². The van der Waals surface area contributed by atoms with Gasteiger partial charge in [-0.15, -0.1) is 0 Å². The number of carbonyl (C=O) groups excluding carboxylic acids is 2. The van der Waals surface area contributed by atoms with Crippen molar-refractivity contribution in [3.63, 3.8) is 0 Å². The van der Waals surface area contributed by atoms with Crippen molar-refractivity contribution in [1.29, 1.82) is 0 Å². The second-order valence-corrected chi connectivity index (χ2v) is 8.12. The van der Waals surface area contributed by atoms with Crippen molar-refractivity contribution >= 4 is 23.2 Å². The van der Waals surface area contributed by atoms with Gasteiger partial charge >= 0.3 is 12.4 Å². The van der Waals surface area contributed by atoms with E-state index >= 15 is 0 Å². The van der Waals surface area contributed by atoms with Gasteiger partial charge in [0, 0.05) is 17.8 Å². The van der Waals surface area contributed by atoms with Gasteiger partial charge < -0.3 is 20.4 Å².